The van der Waals surface area contributed by atoms with Crippen LogP contribution in [0.5, 0.6) is 0 Å². The van der Waals surface area contributed by atoms with Crippen molar-refractivity contribution in [2.75, 3.05) is 43.1 Å². The molecule has 8 heteroatoms. The number of hydrogen-bond donors (Lipinski definition) is 2. The molecule has 2 aliphatic rings. The summed E-state index contributed by atoms with van der Waals surface area (Å²) < 4.78 is 5.31. The number of carbonyl (C=O) groups is 3. The molecule has 0 unspecified atom stereocenters. The van der Waals surface area contributed by atoms with Gasteiger partial charge in [-0.2, -0.15) is 0 Å². The van der Waals surface area contributed by atoms with E-state index in [0.29, 0.717) is 12.1 Å². The number of allylic oxidation sites excluding steroid dienone is 1. The van der Waals surface area contributed by atoms with Crippen molar-refractivity contribution in [2.45, 2.75) is 40.2 Å². The van der Waals surface area contributed by atoms with Crippen molar-refractivity contribution in [1.29, 1.82) is 0 Å². The van der Waals surface area contributed by atoms with Gasteiger partial charge in [0.15, 0.2) is 0 Å². The van der Waals surface area contributed by atoms with Gasteiger partial charge in [0.1, 0.15) is 6.04 Å². The van der Waals surface area contributed by atoms with Gasteiger partial charge in [0.05, 0.1) is 25.0 Å². The highest BCUT2D eigenvalue weighted by atomic mass is 16.5. The Hall–Kier alpha value is -2.87. The van der Waals surface area contributed by atoms with Crippen LogP contribution >= 0.6 is 0 Å². The Balaban J connectivity index is 1.88. The number of nitrogens with one attached hydrogen (secondary N) is 1. The number of hydrogen-bond acceptors (Lipinski definition) is 6. The van der Waals surface area contributed by atoms with Crippen molar-refractivity contribution in [3.63, 3.8) is 0 Å². The van der Waals surface area contributed by atoms with Crippen molar-refractivity contribution >= 4 is 29.2 Å². The average Bonchev–Trinajstić information content (AvgIpc) is 3.12. The molecule has 0 bridgehead atoms. The predicted molar refractivity (Wildman–Crippen MR) is 131 cm³/mol. The lowest BCUT2D eigenvalue weighted by molar-refractivity contribution is -0.155. The van der Waals surface area contributed by atoms with Crippen LogP contribution in [0.3, 0.4) is 0 Å². The van der Waals surface area contributed by atoms with E-state index >= 15 is 0 Å². The summed E-state index contributed by atoms with van der Waals surface area (Å²) in [5.41, 5.74) is 1.70. The molecule has 0 saturated carbocycles. The first-order valence-electron chi connectivity index (χ1n) is 12.3. The Morgan fingerprint density at radius 3 is 2.32 bits per heavy atom. The maximum Gasteiger partial charge on any atom is 0.310 e. The summed E-state index contributed by atoms with van der Waals surface area (Å²) in [6.45, 7) is 9.67. The number of β-amino-alcohol motifs (C(OH)–C–C–N with tert-alkyl or cyclic N) is 1. The summed E-state index contributed by atoms with van der Waals surface area (Å²) >= 11 is 0. The first kappa shape index (κ1) is 25.7. The minimum absolute atomic E-state index is 0.0327. The third-order valence-corrected chi connectivity index (χ3v) is 7.02. The highest BCUT2D eigenvalue weighted by Gasteiger charge is 2.57. The van der Waals surface area contributed by atoms with E-state index in [-0.39, 0.29) is 37.5 Å². The van der Waals surface area contributed by atoms with E-state index in [4.69, 9.17) is 4.74 Å². The molecule has 1 saturated heterocycles. The van der Waals surface area contributed by atoms with Crippen LogP contribution in [0.1, 0.15) is 34.1 Å². The Labute approximate surface area is 201 Å². The van der Waals surface area contributed by atoms with Crippen LogP contribution in [0.2, 0.25) is 0 Å². The monoisotopic (exact) mass is 471 g/mol. The van der Waals surface area contributed by atoms with Crippen LogP contribution in [0.4, 0.5) is 11.4 Å². The molecule has 8 nitrogen and oxygen atoms in total. The molecule has 186 valence electrons. The summed E-state index contributed by atoms with van der Waals surface area (Å²) in [6, 6.07) is 6.81. The van der Waals surface area contributed by atoms with Crippen molar-refractivity contribution in [3.8, 4) is 0 Å². The van der Waals surface area contributed by atoms with Gasteiger partial charge in [-0.15, -0.1) is 0 Å². The SMILES string of the molecule is CCOC(=O)[C@H]1[C@@H]2C(=O)N(CCO)[C@H](C(=O)Nc3ccc(N(CC)CC)cc3)[C@H]2C=C[C@H]1CC. The zero-order chi connectivity index (χ0) is 24.8. The second-order valence-electron chi connectivity index (χ2n) is 8.75. The Morgan fingerprint density at radius 2 is 1.76 bits per heavy atom. The van der Waals surface area contributed by atoms with E-state index in [2.05, 4.69) is 24.1 Å². The second kappa shape index (κ2) is 11.5. The number of anilines is 2. The fourth-order valence-corrected chi connectivity index (χ4v) is 5.36. The largest absolute Gasteiger partial charge is 0.466 e. The number of aliphatic hydroxyl groups excluding tert-OH is 1. The third-order valence-electron chi connectivity index (χ3n) is 7.02. The van der Waals surface area contributed by atoms with Gasteiger partial charge in [-0.25, -0.2) is 0 Å². The summed E-state index contributed by atoms with van der Waals surface area (Å²) in [6.07, 6.45) is 4.53. The zero-order valence-electron chi connectivity index (χ0n) is 20.6. The van der Waals surface area contributed by atoms with E-state index in [1.54, 1.807) is 6.92 Å². The van der Waals surface area contributed by atoms with Gasteiger partial charge in [-0.1, -0.05) is 19.1 Å². The second-order valence-corrected chi connectivity index (χ2v) is 8.75. The molecule has 1 aliphatic carbocycles. The van der Waals surface area contributed by atoms with Gasteiger partial charge >= 0.3 is 5.97 Å². The molecule has 1 fully saturated rings. The van der Waals surface area contributed by atoms with Crippen LogP contribution < -0.4 is 10.2 Å². The maximum absolute atomic E-state index is 13.5. The number of ether oxygens (including phenoxy) is 1. The molecule has 3 rings (SSSR count). The average molecular weight is 472 g/mol. The van der Waals surface area contributed by atoms with E-state index in [0.717, 1.165) is 18.8 Å². The lowest BCUT2D eigenvalue weighted by Crippen LogP contribution is -2.45. The van der Waals surface area contributed by atoms with Crippen LogP contribution in [0.25, 0.3) is 0 Å². The molecule has 34 heavy (non-hydrogen) atoms. The molecular formula is C26H37N3O5. The van der Waals surface area contributed by atoms with Gasteiger partial charge in [0.2, 0.25) is 11.8 Å². The molecule has 1 aliphatic heterocycles. The third kappa shape index (κ3) is 4.97. The van der Waals surface area contributed by atoms with Crippen molar-refractivity contribution in [1.82, 2.24) is 4.90 Å². The van der Waals surface area contributed by atoms with E-state index < -0.39 is 29.8 Å². The first-order valence-corrected chi connectivity index (χ1v) is 12.3. The van der Waals surface area contributed by atoms with Crippen molar-refractivity contribution in [3.05, 3.63) is 36.4 Å². The first-order chi connectivity index (χ1) is 16.4. The number of nitrogens with zero attached hydrogens (tertiary/aromatic N) is 2. The van der Waals surface area contributed by atoms with Gasteiger partial charge in [-0.05, 0) is 57.4 Å². The van der Waals surface area contributed by atoms with Crippen LogP contribution in [0, 0.1) is 23.7 Å². The highest BCUT2D eigenvalue weighted by molar-refractivity contribution is 6.01. The summed E-state index contributed by atoms with van der Waals surface area (Å²) in [7, 11) is 0. The number of fused-ring (bicyclic) bond motifs is 1. The molecule has 2 N–H and O–H groups in total. The smallest absolute Gasteiger partial charge is 0.310 e. The van der Waals surface area contributed by atoms with E-state index in [9.17, 15) is 19.5 Å². The zero-order valence-corrected chi connectivity index (χ0v) is 20.6. The number of esters is 1. The minimum atomic E-state index is -0.807. The fraction of sp³-hybridized carbons (Fsp3) is 0.577. The number of likely N-dealkylation sites (tertiary alicyclic amines) is 1. The molecule has 1 aromatic rings. The standard InChI is InChI=1S/C26H37N3O5/c1-5-17-9-14-20-22(21(17)26(33)34-8-4)25(32)29(15-16-30)23(20)24(31)27-18-10-12-19(13-11-18)28(6-2)7-3/h9-14,17,20-23,30H,5-8,15-16H2,1-4H3,(H,27,31)/t17-,20+,21-,22-,23+/m1/s1. The predicted octanol–water partition coefficient (Wildman–Crippen LogP) is 2.68. The Kier molecular flexibility index (Phi) is 8.72. The van der Waals surface area contributed by atoms with Gasteiger partial charge in [0, 0.05) is 36.9 Å². The summed E-state index contributed by atoms with van der Waals surface area (Å²) in [5, 5.41) is 12.6. The number of carbonyl (C=O) groups excluding carboxylic acids is 3. The molecular weight excluding hydrogens is 434 g/mol. The Morgan fingerprint density at radius 1 is 1.09 bits per heavy atom. The fourth-order valence-electron chi connectivity index (χ4n) is 5.36. The normalized spacial score (nSPS) is 25.7. The highest BCUT2D eigenvalue weighted by Crippen LogP contribution is 2.45. The number of rotatable bonds is 10. The molecule has 2 amide bonds. The molecule has 0 radical (unpaired) electrons. The van der Waals surface area contributed by atoms with Crippen molar-refractivity contribution in [2.24, 2.45) is 23.7 Å². The molecule has 1 aromatic carbocycles. The lowest BCUT2D eigenvalue weighted by Gasteiger charge is -2.33. The molecule has 0 spiro atoms. The lowest BCUT2D eigenvalue weighted by atomic mass is 9.69. The van der Waals surface area contributed by atoms with Crippen LogP contribution in [-0.2, 0) is 19.1 Å². The van der Waals surface area contributed by atoms with Gasteiger partial charge < -0.3 is 25.0 Å². The van der Waals surface area contributed by atoms with Crippen LogP contribution in [0.15, 0.2) is 36.4 Å². The number of amides is 2. The van der Waals surface area contributed by atoms with Crippen molar-refractivity contribution < 1.29 is 24.2 Å². The summed E-state index contributed by atoms with van der Waals surface area (Å²) in [5.74, 6) is -2.93. The Bertz CT molecular complexity index is 896. The summed E-state index contributed by atoms with van der Waals surface area (Å²) in [4.78, 5) is 43.4. The molecule has 5 atom stereocenters. The van der Waals surface area contributed by atoms with Gasteiger partial charge in [0.25, 0.3) is 0 Å². The quantitative estimate of drug-likeness (QED) is 0.402. The number of benzene rings is 1. The van der Waals surface area contributed by atoms with E-state index in [1.165, 1.54) is 4.90 Å². The van der Waals surface area contributed by atoms with E-state index in [1.807, 2.05) is 43.3 Å². The van der Waals surface area contributed by atoms with Crippen LogP contribution in [-0.4, -0.2) is 66.7 Å². The topological polar surface area (TPSA) is 99.2 Å². The van der Waals surface area contributed by atoms with Gasteiger partial charge in [-0.3, -0.25) is 14.4 Å². The molecule has 0 aromatic heterocycles. The molecule has 1 heterocycles. The number of aliphatic hydroxyl groups is 1. The maximum atomic E-state index is 13.5. The minimum Gasteiger partial charge on any atom is -0.466 e.